The third kappa shape index (κ3) is 5.15. The fourth-order valence-corrected chi connectivity index (χ4v) is 6.00. The molecule has 0 fully saturated rings. The lowest BCUT2D eigenvalue weighted by Crippen LogP contribution is -1.94. The molecule has 0 bridgehead atoms. The fourth-order valence-electron chi connectivity index (χ4n) is 6.00. The van der Waals surface area contributed by atoms with Crippen molar-refractivity contribution in [2.45, 2.75) is 6.92 Å². The van der Waals surface area contributed by atoms with Crippen LogP contribution in [0.25, 0.3) is 78.0 Å². The van der Waals surface area contributed by atoms with Crippen LogP contribution in [0.15, 0.2) is 158 Å². The molecule has 0 aliphatic heterocycles. The predicted octanol–water partition coefficient (Wildman–Crippen LogP) is 10.8. The molecule has 0 atom stereocenters. The van der Waals surface area contributed by atoms with Gasteiger partial charge in [0.05, 0.1) is 33.8 Å². The maximum atomic E-state index is 5.20. The lowest BCUT2D eigenvalue weighted by molar-refractivity contribution is 1.32. The van der Waals surface area contributed by atoms with E-state index in [2.05, 4.69) is 134 Å². The maximum absolute atomic E-state index is 5.20. The highest BCUT2D eigenvalue weighted by molar-refractivity contribution is 6.05. The molecule has 3 heteroatoms. The van der Waals surface area contributed by atoms with Gasteiger partial charge in [-0.2, -0.15) is 0 Å². The number of aryl methyl sites for hydroxylation is 1. The van der Waals surface area contributed by atoms with Gasteiger partial charge in [0, 0.05) is 33.0 Å². The van der Waals surface area contributed by atoms with Gasteiger partial charge in [-0.1, -0.05) is 133 Å². The van der Waals surface area contributed by atoms with Gasteiger partial charge in [0.2, 0.25) is 0 Å². The number of aromatic nitrogens is 3. The summed E-state index contributed by atoms with van der Waals surface area (Å²) in [6.45, 7) is 2.15. The molecule has 3 heterocycles. The number of hydrogen-bond donors (Lipinski definition) is 0. The highest BCUT2D eigenvalue weighted by Gasteiger charge is 2.13. The van der Waals surface area contributed by atoms with E-state index in [-0.39, 0.29) is 0 Å². The Balaban J connectivity index is 1.21. The first kappa shape index (κ1) is 26.7. The van der Waals surface area contributed by atoms with Crippen LogP contribution in [0, 0.1) is 6.92 Å². The normalized spacial score (nSPS) is 11.2. The minimum atomic E-state index is 0.922. The molecule has 0 amide bonds. The highest BCUT2D eigenvalue weighted by atomic mass is 14.8. The van der Waals surface area contributed by atoms with Crippen LogP contribution >= 0.6 is 0 Å². The standard InChI is InChI=1S/C42H29N3/c1-28-25-38(45-42-36(28)23-21-34-22-24-37(44-41(34)42)30-13-7-3-8-14-30)32-17-19-33(20-18-32)40-27-35(29-11-5-2-6-12-29)26-39(43-40)31-15-9-4-10-16-31/h2-27H,1H3. The molecule has 0 saturated carbocycles. The van der Waals surface area contributed by atoms with Crippen molar-refractivity contribution in [2.24, 2.45) is 0 Å². The van der Waals surface area contributed by atoms with E-state index in [1.807, 2.05) is 30.3 Å². The second kappa shape index (κ2) is 11.3. The van der Waals surface area contributed by atoms with Gasteiger partial charge >= 0.3 is 0 Å². The summed E-state index contributed by atoms with van der Waals surface area (Å²) in [7, 11) is 0. The average molecular weight is 576 g/mol. The molecule has 0 N–H and O–H groups in total. The molecule has 8 aromatic rings. The van der Waals surface area contributed by atoms with E-state index >= 15 is 0 Å². The van der Waals surface area contributed by atoms with Crippen molar-refractivity contribution in [3.05, 3.63) is 163 Å². The van der Waals surface area contributed by atoms with Gasteiger partial charge in [-0.3, -0.25) is 0 Å². The molecule has 3 nitrogen and oxygen atoms in total. The Labute approximate surface area is 262 Å². The molecular formula is C42H29N3. The summed E-state index contributed by atoms with van der Waals surface area (Å²) < 4.78 is 0. The molecule has 5 aromatic carbocycles. The SMILES string of the molecule is Cc1cc(-c2ccc(-c3cc(-c4ccccc4)cc(-c4ccccc4)n3)cc2)nc2c1ccc1ccc(-c3ccccc3)nc12. The van der Waals surface area contributed by atoms with E-state index in [1.54, 1.807) is 0 Å². The second-order valence-corrected chi connectivity index (χ2v) is 11.4. The van der Waals surface area contributed by atoms with Crippen molar-refractivity contribution >= 4 is 21.8 Å². The quantitative estimate of drug-likeness (QED) is 0.192. The zero-order chi connectivity index (χ0) is 30.2. The summed E-state index contributed by atoms with van der Waals surface area (Å²) in [6, 6.07) is 54.8. The Morgan fingerprint density at radius 3 is 1.40 bits per heavy atom. The van der Waals surface area contributed by atoms with Crippen LogP contribution in [0.5, 0.6) is 0 Å². The lowest BCUT2D eigenvalue weighted by Gasteiger charge is -2.12. The van der Waals surface area contributed by atoms with Crippen molar-refractivity contribution in [2.75, 3.05) is 0 Å². The predicted molar refractivity (Wildman–Crippen MR) is 187 cm³/mol. The Morgan fingerprint density at radius 1 is 0.333 bits per heavy atom. The van der Waals surface area contributed by atoms with E-state index in [0.717, 1.165) is 72.4 Å². The van der Waals surface area contributed by atoms with E-state index in [4.69, 9.17) is 15.0 Å². The van der Waals surface area contributed by atoms with Gasteiger partial charge in [-0.25, -0.2) is 15.0 Å². The summed E-state index contributed by atoms with van der Waals surface area (Å²) >= 11 is 0. The van der Waals surface area contributed by atoms with Crippen molar-refractivity contribution in [3.63, 3.8) is 0 Å². The monoisotopic (exact) mass is 575 g/mol. The Kier molecular flexibility index (Phi) is 6.69. The van der Waals surface area contributed by atoms with E-state index < -0.39 is 0 Å². The minimum Gasteiger partial charge on any atom is -0.248 e. The van der Waals surface area contributed by atoms with Crippen LogP contribution < -0.4 is 0 Å². The Morgan fingerprint density at radius 2 is 0.800 bits per heavy atom. The zero-order valence-corrected chi connectivity index (χ0v) is 24.9. The van der Waals surface area contributed by atoms with E-state index in [9.17, 15) is 0 Å². The van der Waals surface area contributed by atoms with E-state index in [0.29, 0.717) is 0 Å². The van der Waals surface area contributed by atoms with Crippen LogP contribution in [-0.2, 0) is 0 Å². The minimum absolute atomic E-state index is 0.922. The molecular weight excluding hydrogens is 546 g/mol. The molecule has 3 aromatic heterocycles. The third-order valence-corrected chi connectivity index (χ3v) is 8.39. The largest absolute Gasteiger partial charge is 0.248 e. The fraction of sp³-hybridized carbons (Fsp3) is 0.0238. The highest BCUT2D eigenvalue weighted by Crippen LogP contribution is 2.33. The zero-order valence-electron chi connectivity index (χ0n) is 24.9. The lowest BCUT2D eigenvalue weighted by atomic mass is 9.98. The number of rotatable bonds is 5. The van der Waals surface area contributed by atoms with Gasteiger partial charge in [0.1, 0.15) is 0 Å². The molecule has 0 spiro atoms. The van der Waals surface area contributed by atoms with Crippen LogP contribution in [0.2, 0.25) is 0 Å². The summed E-state index contributed by atoms with van der Waals surface area (Å²) in [4.78, 5) is 15.4. The van der Waals surface area contributed by atoms with Crippen LogP contribution in [0.1, 0.15) is 5.56 Å². The van der Waals surface area contributed by atoms with Crippen molar-refractivity contribution in [1.29, 1.82) is 0 Å². The first-order chi connectivity index (χ1) is 22.2. The summed E-state index contributed by atoms with van der Waals surface area (Å²) in [6.07, 6.45) is 0. The van der Waals surface area contributed by atoms with Gasteiger partial charge in [-0.05, 0) is 47.9 Å². The first-order valence-corrected chi connectivity index (χ1v) is 15.2. The van der Waals surface area contributed by atoms with Crippen molar-refractivity contribution < 1.29 is 0 Å². The van der Waals surface area contributed by atoms with Crippen LogP contribution in [-0.4, -0.2) is 15.0 Å². The maximum Gasteiger partial charge on any atom is 0.0975 e. The summed E-state index contributed by atoms with van der Waals surface area (Å²) in [5.74, 6) is 0. The molecule has 0 unspecified atom stereocenters. The Bertz CT molecular complexity index is 2240. The molecule has 0 saturated heterocycles. The van der Waals surface area contributed by atoms with Crippen molar-refractivity contribution in [1.82, 2.24) is 15.0 Å². The molecule has 212 valence electrons. The summed E-state index contributed by atoms with van der Waals surface area (Å²) in [5, 5.41) is 2.20. The number of nitrogens with zero attached hydrogens (tertiary/aromatic N) is 3. The third-order valence-electron chi connectivity index (χ3n) is 8.39. The average Bonchev–Trinajstić information content (AvgIpc) is 3.12. The molecule has 0 aliphatic rings. The van der Waals surface area contributed by atoms with Crippen LogP contribution in [0.4, 0.5) is 0 Å². The number of pyridine rings is 3. The summed E-state index contributed by atoms with van der Waals surface area (Å²) in [5.41, 5.74) is 13.4. The van der Waals surface area contributed by atoms with Gasteiger partial charge in [-0.15, -0.1) is 0 Å². The number of hydrogen-bond acceptors (Lipinski definition) is 3. The number of fused-ring (bicyclic) bond motifs is 3. The Hall–Kier alpha value is -5.93. The first-order valence-electron chi connectivity index (χ1n) is 15.2. The molecule has 8 rings (SSSR count). The second-order valence-electron chi connectivity index (χ2n) is 11.4. The topological polar surface area (TPSA) is 38.7 Å². The van der Waals surface area contributed by atoms with Crippen molar-refractivity contribution in [3.8, 4) is 56.2 Å². The smallest absolute Gasteiger partial charge is 0.0975 e. The van der Waals surface area contributed by atoms with Crippen LogP contribution in [0.3, 0.4) is 0 Å². The van der Waals surface area contributed by atoms with E-state index in [1.165, 1.54) is 11.1 Å². The van der Waals surface area contributed by atoms with Gasteiger partial charge in [0.15, 0.2) is 0 Å². The molecule has 45 heavy (non-hydrogen) atoms. The molecule has 0 radical (unpaired) electrons. The van der Waals surface area contributed by atoms with Gasteiger partial charge < -0.3 is 0 Å². The van der Waals surface area contributed by atoms with Gasteiger partial charge in [0.25, 0.3) is 0 Å². The molecule has 0 aliphatic carbocycles. The number of benzene rings is 5.